The number of allylic oxidation sites excluding steroid dienone is 4. The van der Waals surface area contributed by atoms with Gasteiger partial charge in [0.2, 0.25) is 11.8 Å². The van der Waals surface area contributed by atoms with E-state index in [0.717, 1.165) is 12.0 Å². The number of nitrogens with zero attached hydrogens (tertiary/aromatic N) is 2. The van der Waals surface area contributed by atoms with Crippen molar-refractivity contribution in [3.63, 3.8) is 0 Å². The molecule has 0 spiro atoms. The van der Waals surface area contributed by atoms with Crippen LogP contribution in [0.1, 0.15) is 29.6 Å². The van der Waals surface area contributed by atoms with Crippen LogP contribution in [0, 0.1) is 5.92 Å². The monoisotopic (exact) mass is 386 g/mol. The molecule has 144 valence electrons. The molecule has 0 aliphatic heterocycles. The lowest BCUT2D eigenvalue weighted by atomic mass is 9.93. The van der Waals surface area contributed by atoms with Crippen LogP contribution in [0.25, 0.3) is 39.2 Å². The quantitative estimate of drug-likeness (QED) is 0.439. The molecule has 0 fully saturated rings. The molecule has 6 heteroatoms. The second-order valence-electron chi connectivity index (χ2n) is 7.02. The van der Waals surface area contributed by atoms with Crippen molar-refractivity contribution in [3.8, 4) is 11.5 Å². The molecule has 1 aliphatic carbocycles. The van der Waals surface area contributed by atoms with E-state index in [1.165, 1.54) is 7.11 Å². The smallest absolute Gasteiger partial charge is 0.340 e. The normalized spacial score (nSPS) is 16.3. The zero-order chi connectivity index (χ0) is 20.0. The Labute approximate surface area is 166 Å². The van der Waals surface area contributed by atoms with E-state index in [1.807, 2.05) is 30.4 Å². The van der Waals surface area contributed by atoms with Crippen LogP contribution in [-0.4, -0.2) is 23.0 Å². The lowest BCUT2D eigenvalue weighted by Crippen LogP contribution is -2.01. The van der Waals surface area contributed by atoms with Crippen molar-refractivity contribution < 1.29 is 18.4 Å². The summed E-state index contributed by atoms with van der Waals surface area (Å²) in [5.41, 5.74) is 4.46. The molecule has 5 rings (SSSR count). The van der Waals surface area contributed by atoms with Gasteiger partial charge in [0, 0.05) is 5.57 Å². The van der Waals surface area contributed by atoms with E-state index in [0.29, 0.717) is 51.0 Å². The van der Waals surface area contributed by atoms with Crippen LogP contribution < -0.4 is 0 Å². The molecule has 2 heterocycles. The SMILES string of the molecule is COC(=O)c1cccc2oc(-c3cccc4oc(C5=CC=CCC5C)nc34)nc12. The molecule has 2 aromatic heterocycles. The molecule has 2 aromatic carbocycles. The van der Waals surface area contributed by atoms with E-state index in [2.05, 4.69) is 18.0 Å². The number of rotatable bonds is 3. The highest BCUT2D eigenvalue weighted by Gasteiger charge is 2.22. The first-order valence-electron chi connectivity index (χ1n) is 9.40. The Hall–Kier alpha value is -3.67. The number of ether oxygens (including phenoxy) is 1. The number of benzene rings is 2. The van der Waals surface area contributed by atoms with E-state index >= 15 is 0 Å². The average Bonchev–Trinajstić information content (AvgIpc) is 3.37. The van der Waals surface area contributed by atoms with Gasteiger partial charge in [0.15, 0.2) is 11.2 Å². The highest BCUT2D eigenvalue weighted by atomic mass is 16.5. The van der Waals surface area contributed by atoms with Crippen LogP contribution in [0.3, 0.4) is 0 Å². The summed E-state index contributed by atoms with van der Waals surface area (Å²) in [4.78, 5) is 21.4. The van der Waals surface area contributed by atoms with Gasteiger partial charge in [-0.2, -0.15) is 0 Å². The molecule has 0 saturated heterocycles. The minimum atomic E-state index is -0.455. The maximum atomic E-state index is 12.1. The summed E-state index contributed by atoms with van der Waals surface area (Å²) < 4.78 is 16.8. The van der Waals surface area contributed by atoms with Crippen molar-refractivity contribution >= 4 is 33.7 Å². The molecule has 0 amide bonds. The van der Waals surface area contributed by atoms with Gasteiger partial charge >= 0.3 is 5.97 Å². The lowest BCUT2D eigenvalue weighted by molar-refractivity contribution is 0.0602. The van der Waals surface area contributed by atoms with Gasteiger partial charge < -0.3 is 13.6 Å². The third-order valence-electron chi connectivity index (χ3n) is 5.15. The Kier molecular flexibility index (Phi) is 4.05. The topological polar surface area (TPSA) is 78.4 Å². The van der Waals surface area contributed by atoms with E-state index < -0.39 is 5.97 Å². The van der Waals surface area contributed by atoms with E-state index in [9.17, 15) is 4.79 Å². The summed E-state index contributed by atoms with van der Waals surface area (Å²) in [6.07, 6.45) is 7.17. The van der Waals surface area contributed by atoms with Gasteiger partial charge in [-0.3, -0.25) is 0 Å². The number of fused-ring (bicyclic) bond motifs is 2. The minimum Gasteiger partial charge on any atom is -0.465 e. The van der Waals surface area contributed by atoms with Gasteiger partial charge in [-0.15, -0.1) is 0 Å². The van der Waals surface area contributed by atoms with Crippen LogP contribution >= 0.6 is 0 Å². The fourth-order valence-electron chi connectivity index (χ4n) is 3.61. The van der Waals surface area contributed by atoms with Crippen molar-refractivity contribution in [2.45, 2.75) is 13.3 Å². The molecule has 1 unspecified atom stereocenters. The van der Waals surface area contributed by atoms with E-state index in [4.69, 9.17) is 18.6 Å². The number of carbonyl (C=O) groups excluding carboxylic acids is 1. The maximum absolute atomic E-state index is 12.1. The van der Waals surface area contributed by atoms with E-state index in [1.54, 1.807) is 18.2 Å². The van der Waals surface area contributed by atoms with E-state index in [-0.39, 0.29) is 0 Å². The highest BCUT2D eigenvalue weighted by molar-refractivity contribution is 6.02. The second-order valence-corrected chi connectivity index (χ2v) is 7.02. The molecule has 1 atom stereocenters. The number of aromatic nitrogens is 2. The van der Waals surface area contributed by atoms with Crippen LogP contribution in [0.5, 0.6) is 0 Å². The molecule has 1 aliphatic rings. The van der Waals surface area contributed by atoms with Gasteiger partial charge in [0.25, 0.3) is 0 Å². The van der Waals surface area contributed by atoms with Gasteiger partial charge in [0.1, 0.15) is 11.0 Å². The Bertz CT molecular complexity index is 1310. The largest absolute Gasteiger partial charge is 0.465 e. The van der Waals surface area contributed by atoms with Crippen molar-refractivity contribution in [2.75, 3.05) is 7.11 Å². The highest BCUT2D eigenvalue weighted by Crippen LogP contribution is 2.35. The van der Waals surface area contributed by atoms with Gasteiger partial charge in [0.05, 0.1) is 18.2 Å². The first-order chi connectivity index (χ1) is 14.2. The fraction of sp³-hybridized carbons (Fsp3) is 0.174. The van der Waals surface area contributed by atoms with Gasteiger partial charge in [-0.25, -0.2) is 14.8 Å². The van der Waals surface area contributed by atoms with Crippen molar-refractivity contribution in [1.29, 1.82) is 0 Å². The predicted molar refractivity (Wildman–Crippen MR) is 109 cm³/mol. The Morgan fingerprint density at radius 3 is 2.55 bits per heavy atom. The molecule has 0 bridgehead atoms. The zero-order valence-electron chi connectivity index (χ0n) is 16.0. The fourth-order valence-corrected chi connectivity index (χ4v) is 3.61. The number of esters is 1. The number of oxazole rings is 2. The Morgan fingerprint density at radius 1 is 1.03 bits per heavy atom. The molecule has 0 saturated carbocycles. The molecule has 4 aromatic rings. The minimum absolute atomic E-state index is 0.337. The first kappa shape index (κ1) is 17.4. The van der Waals surface area contributed by atoms with Crippen LogP contribution in [0.4, 0.5) is 0 Å². The van der Waals surface area contributed by atoms with Crippen LogP contribution in [0.15, 0.2) is 63.5 Å². The van der Waals surface area contributed by atoms with Crippen molar-refractivity contribution in [2.24, 2.45) is 5.92 Å². The summed E-state index contributed by atoms with van der Waals surface area (Å²) in [5.74, 6) is 0.871. The van der Waals surface area contributed by atoms with Crippen LogP contribution in [0.2, 0.25) is 0 Å². The molecular weight excluding hydrogens is 368 g/mol. The van der Waals surface area contributed by atoms with Crippen LogP contribution in [-0.2, 0) is 4.74 Å². The summed E-state index contributed by atoms with van der Waals surface area (Å²) >= 11 is 0. The lowest BCUT2D eigenvalue weighted by Gasteiger charge is -2.13. The first-order valence-corrected chi connectivity index (χ1v) is 9.40. The molecule has 0 radical (unpaired) electrons. The molecule has 0 N–H and O–H groups in total. The number of para-hydroxylation sites is 2. The molecular formula is C23H18N2O4. The molecule has 6 nitrogen and oxygen atoms in total. The number of carbonyl (C=O) groups is 1. The van der Waals surface area contributed by atoms with Crippen molar-refractivity contribution in [3.05, 3.63) is 66.1 Å². The summed E-state index contributed by atoms with van der Waals surface area (Å²) in [5, 5.41) is 0. The molecule has 29 heavy (non-hydrogen) atoms. The standard InChI is InChI=1S/C23H18N2O4/c1-13-7-3-4-8-14(13)21-24-19-15(9-5-11-17(19)28-21)22-25-20-16(23(26)27-2)10-6-12-18(20)29-22/h3-6,8-13H,7H2,1-2H3. The number of hydrogen-bond acceptors (Lipinski definition) is 6. The Balaban J connectivity index is 1.67. The summed E-state index contributed by atoms with van der Waals surface area (Å²) in [6.45, 7) is 2.15. The maximum Gasteiger partial charge on any atom is 0.340 e. The average molecular weight is 386 g/mol. The number of hydrogen-bond donors (Lipinski definition) is 0. The summed E-state index contributed by atoms with van der Waals surface area (Å²) in [7, 11) is 1.34. The second kappa shape index (κ2) is 6.74. The van der Waals surface area contributed by atoms with Gasteiger partial charge in [-0.1, -0.05) is 37.3 Å². The third kappa shape index (κ3) is 2.84. The van der Waals surface area contributed by atoms with Gasteiger partial charge in [-0.05, 0) is 36.6 Å². The predicted octanol–water partition coefficient (Wildman–Crippen LogP) is 5.40. The van der Waals surface area contributed by atoms with Crippen molar-refractivity contribution in [1.82, 2.24) is 9.97 Å². The number of methoxy groups -OCH3 is 1. The zero-order valence-corrected chi connectivity index (χ0v) is 16.0. The Morgan fingerprint density at radius 2 is 1.76 bits per heavy atom. The summed E-state index contributed by atoms with van der Waals surface area (Å²) in [6, 6.07) is 10.8. The third-order valence-corrected chi connectivity index (χ3v) is 5.15.